The van der Waals surface area contributed by atoms with Gasteiger partial charge < -0.3 is 15.2 Å². The second-order valence-electron chi connectivity index (χ2n) is 6.85. The summed E-state index contributed by atoms with van der Waals surface area (Å²) in [6.45, 7) is 4.36. The van der Waals surface area contributed by atoms with Crippen molar-refractivity contribution in [1.82, 2.24) is 0 Å². The van der Waals surface area contributed by atoms with Crippen molar-refractivity contribution in [3.05, 3.63) is 94.5 Å². The minimum atomic E-state index is -4.71. The number of hydrogen-bond acceptors (Lipinski definition) is 3. The molecule has 0 saturated heterocycles. The first-order valence-corrected chi connectivity index (χ1v) is 9.12. The van der Waals surface area contributed by atoms with Crippen molar-refractivity contribution < 1.29 is 22.6 Å². The average Bonchev–Trinajstić information content (AvgIpc) is 2.67. The molecule has 0 amide bonds. The summed E-state index contributed by atoms with van der Waals surface area (Å²) in [6, 6.07) is 18.9. The van der Waals surface area contributed by atoms with Gasteiger partial charge >= 0.3 is 6.36 Å². The third kappa shape index (κ3) is 6.15. The number of hydrogen-bond donors (Lipinski definition) is 1. The van der Waals surface area contributed by atoms with Crippen LogP contribution in [0.1, 0.15) is 33.9 Å². The summed E-state index contributed by atoms with van der Waals surface area (Å²) >= 11 is 0. The molecule has 0 unspecified atom stereocenters. The van der Waals surface area contributed by atoms with Crippen LogP contribution >= 0.6 is 12.4 Å². The summed E-state index contributed by atoms with van der Waals surface area (Å²) in [5.74, 6) is 0.532. The van der Waals surface area contributed by atoms with Gasteiger partial charge in [-0.05, 0) is 53.8 Å². The van der Waals surface area contributed by atoms with Crippen molar-refractivity contribution in [2.75, 3.05) is 0 Å². The third-order valence-corrected chi connectivity index (χ3v) is 4.54. The van der Waals surface area contributed by atoms with Crippen molar-refractivity contribution in [3.63, 3.8) is 0 Å². The van der Waals surface area contributed by atoms with Crippen LogP contribution in [-0.4, -0.2) is 6.36 Å². The second kappa shape index (κ2) is 9.87. The predicted molar refractivity (Wildman–Crippen MR) is 113 cm³/mol. The number of alkyl halides is 3. The van der Waals surface area contributed by atoms with Gasteiger partial charge in [0.15, 0.2) is 0 Å². The van der Waals surface area contributed by atoms with Crippen LogP contribution in [0, 0.1) is 13.8 Å². The smallest absolute Gasteiger partial charge is 0.488 e. The molecule has 3 aromatic carbocycles. The minimum Gasteiger partial charge on any atom is -0.488 e. The molecule has 3 rings (SSSR count). The molecule has 0 aromatic heterocycles. The van der Waals surface area contributed by atoms with Gasteiger partial charge in [0.2, 0.25) is 0 Å². The molecular weight excluding hydrogens is 415 g/mol. The topological polar surface area (TPSA) is 44.5 Å². The Kier molecular flexibility index (Phi) is 7.76. The number of nitrogens with two attached hydrogens (primary N) is 1. The maximum Gasteiger partial charge on any atom is 0.573 e. The lowest BCUT2D eigenvalue weighted by Gasteiger charge is -2.18. The van der Waals surface area contributed by atoms with E-state index in [4.69, 9.17) is 10.5 Å². The summed E-state index contributed by atoms with van der Waals surface area (Å²) in [4.78, 5) is 0. The molecule has 3 aromatic rings. The predicted octanol–water partition coefficient (Wildman–Crippen LogP) is 6.25. The van der Waals surface area contributed by atoms with E-state index in [2.05, 4.69) is 4.74 Å². The van der Waals surface area contributed by atoms with Gasteiger partial charge in [0.05, 0.1) is 6.04 Å². The molecule has 0 radical (unpaired) electrons. The van der Waals surface area contributed by atoms with Gasteiger partial charge in [0.25, 0.3) is 0 Å². The fourth-order valence-corrected chi connectivity index (χ4v) is 3.19. The molecule has 2 N–H and O–H groups in total. The van der Waals surface area contributed by atoms with E-state index in [0.29, 0.717) is 12.2 Å². The van der Waals surface area contributed by atoms with E-state index < -0.39 is 12.4 Å². The van der Waals surface area contributed by atoms with E-state index in [1.54, 1.807) is 0 Å². The standard InChI is InChI=1S/C23H22F3NO2.ClH/c1-15-12-19(13-16(2)22(15)28-14-17-6-4-3-5-7-17)21(27)18-8-10-20(11-9-18)29-23(24,25)26;/h3-13,21H,14,27H2,1-2H3;1H/t21-;/m1./s1. The Morgan fingerprint density at radius 3 is 1.97 bits per heavy atom. The minimum absolute atomic E-state index is 0. The van der Waals surface area contributed by atoms with E-state index in [0.717, 1.165) is 28.0 Å². The van der Waals surface area contributed by atoms with Crippen LogP contribution in [0.25, 0.3) is 0 Å². The molecule has 0 aliphatic rings. The van der Waals surface area contributed by atoms with Crippen LogP contribution in [0.5, 0.6) is 11.5 Å². The highest BCUT2D eigenvalue weighted by Crippen LogP contribution is 2.31. The fourth-order valence-electron chi connectivity index (χ4n) is 3.19. The molecule has 0 bridgehead atoms. The molecule has 0 saturated carbocycles. The van der Waals surface area contributed by atoms with Gasteiger partial charge in [-0.15, -0.1) is 25.6 Å². The first-order valence-electron chi connectivity index (χ1n) is 9.12. The lowest BCUT2D eigenvalue weighted by atomic mass is 9.95. The number of ether oxygens (including phenoxy) is 2. The summed E-state index contributed by atoms with van der Waals surface area (Å²) in [7, 11) is 0. The lowest BCUT2D eigenvalue weighted by Crippen LogP contribution is -2.17. The van der Waals surface area contributed by atoms with Gasteiger partial charge in [0.1, 0.15) is 18.1 Å². The molecular formula is C23H23ClF3NO2. The average molecular weight is 438 g/mol. The van der Waals surface area contributed by atoms with Crippen LogP contribution in [0.15, 0.2) is 66.7 Å². The van der Waals surface area contributed by atoms with E-state index in [9.17, 15) is 13.2 Å². The molecule has 30 heavy (non-hydrogen) atoms. The quantitative estimate of drug-likeness (QED) is 0.495. The summed E-state index contributed by atoms with van der Waals surface area (Å²) < 4.78 is 46.8. The van der Waals surface area contributed by atoms with Gasteiger partial charge in [0, 0.05) is 0 Å². The van der Waals surface area contributed by atoms with Crippen molar-refractivity contribution in [1.29, 1.82) is 0 Å². The number of halogens is 4. The molecule has 160 valence electrons. The Hall–Kier alpha value is -2.70. The van der Waals surface area contributed by atoms with Gasteiger partial charge in [-0.25, -0.2) is 0 Å². The molecule has 7 heteroatoms. The van der Waals surface area contributed by atoms with E-state index >= 15 is 0 Å². The summed E-state index contributed by atoms with van der Waals surface area (Å²) in [5, 5.41) is 0. The van der Waals surface area contributed by atoms with Crippen LogP contribution in [0.4, 0.5) is 13.2 Å². The lowest BCUT2D eigenvalue weighted by molar-refractivity contribution is -0.274. The van der Waals surface area contributed by atoms with Crippen molar-refractivity contribution in [3.8, 4) is 11.5 Å². The molecule has 0 heterocycles. The number of aryl methyl sites for hydroxylation is 2. The van der Waals surface area contributed by atoms with Crippen LogP contribution in [0.2, 0.25) is 0 Å². The van der Waals surface area contributed by atoms with E-state index in [-0.39, 0.29) is 18.2 Å². The monoisotopic (exact) mass is 437 g/mol. The maximum atomic E-state index is 12.3. The number of benzene rings is 3. The molecule has 3 nitrogen and oxygen atoms in total. The molecule has 1 atom stereocenters. The Bertz CT molecular complexity index is 937. The van der Waals surface area contributed by atoms with Gasteiger partial charge in [-0.3, -0.25) is 0 Å². The number of rotatable bonds is 6. The highest BCUT2D eigenvalue weighted by Gasteiger charge is 2.31. The zero-order valence-electron chi connectivity index (χ0n) is 16.6. The molecule has 0 fully saturated rings. The highest BCUT2D eigenvalue weighted by molar-refractivity contribution is 5.85. The van der Waals surface area contributed by atoms with Gasteiger partial charge in [-0.2, -0.15) is 0 Å². The SMILES string of the molecule is Cc1cc([C@H](N)c2ccc(OC(F)(F)F)cc2)cc(C)c1OCc1ccccc1.Cl. The van der Waals surface area contributed by atoms with E-state index in [1.165, 1.54) is 24.3 Å². The summed E-state index contributed by atoms with van der Waals surface area (Å²) in [6.07, 6.45) is -4.71. The fraction of sp³-hybridized carbons (Fsp3) is 0.217. The highest BCUT2D eigenvalue weighted by atomic mass is 35.5. The van der Waals surface area contributed by atoms with Crippen molar-refractivity contribution in [2.24, 2.45) is 5.73 Å². The Morgan fingerprint density at radius 2 is 1.43 bits per heavy atom. The normalized spacial score (nSPS) is 12.1. The third-order valence-electron chi connectivity index (χ3n) is 4.54. The van der Waals surface area contributed by atoms with Crippen LogP contribution < -0.4 is 15.2 Å². The molecule has 0 aliphatic carbocycles. The zero-order chi connectivity index (χ0) is 21.0. The van der Waals surface area contributed by atoms with Crippen molar-refractivity contribution >= 4 is 12.4 Å². The maximum absolute atomic E-state index is 12.3. The van der Waals surface area contributed by atoms with Crippen molar-refractivity contribution in [2.45, 2.75) is 32.9 Å². The zero-order valence-corrected chi connectivity index (χ0v) is 17.4. The second-order valence-corrected chi connectivity index (χ2v) is 6.85. The largest absolute Gasteiger partial charge is 0.573 e. The van der Waals surface area contributed by atoms with Gasteiger partial charge in [-0.1, -0.05) is 54.6 Å². The van der Waals surface area contributed by atoms with Crippen LogP contribution in [0.3, 0.4) is 0 Å². The molecule has 0 spiro atoms. The summed E-state index contributed by atoms with van der Waals surface area (Å²) in [5.41, 5.74) is 10.9. The molecule has 0 aliphatic heterocycles. The van der Waals surface area contributed by atoms with E-state index in [1.807, 2.05) is 56.3 Å². The first kappa shape index (κ1) is 23.6. The van der Waals surface area contributed by atoms with Crippen LogP contribution in [-0.2, 0) is 6.61 Å². The Morgan fingerprint density at radius 1 is 0.867 bits per heavy atom. The first-order chi connectivity index (χ1) is 13.7. The Labute approximate surface area is 180 Å². The Balaban J connectivity index is 0.00000320.